The van der Waals surface area contributed by atoms with E-state index in [-0.39, 0.29) is 0 Å². The summed E-state index contributed by atoms with van der Waals surface area (Å²) >= 11 is 0. The van der Waals surface area contributed by atoms with E-state index in [9.17, 15) is 0 Å². The molecule has 0 aliphatic carbocycles. The molecule has 0 fully saturated rings. The van der Waals surface area contributed by atoms with Crippen molar-refractivity contribution in [3.63, 3.8) is 0 Å². The Hall–Kier alpha value is -3.01. The van der Waals surface area contributed by atoms with Crippen LogP contribution in [0.4, 0.5) is 0 Å². The molecule has 0 saturated carbocycles. The monoisotopic (exact) mass is 362 g/mol. The number of nitrogens with zero attached hydrogens (tertiary/aromatic N) is 4. The zero-order chi connectivity index (χ0) is 19.1. The molecule has 0 atom stereocenters. The molecule has 0 radical (unpaired) electrons. The van der Waals surface area contributed by atoms with Crippen molar-refractivity contribution in [2.24, 2.45) is 0 Å². The molecule has 0 bridgehead atoms. The molecule has 0 spiro atoms. The molecule has 6 nitrogen and oxygen atoms in total. The average Bonchev–Trinajstić information content (AvgIpc) is 3.15. The number of methoxy groups -OCH3 is 1. The molecule has 3 rings (SSSR count). The zero-order valence-corrected chi connectivity index (χ0v) is 15.6. The van der Waals surface area contributed by atoms with Gasteiger partial charge in [-0.25, -0.2) is 0 Å². The van der Waals surface area contributed by atoms with Crippen molar-refractivity contribution in [1.29, 1.82) is 5.26 Å². The number of hydrogen-bond donors (Lipinski definition) is 0. The van der Waals surface area contributed by atoms with Crippen LogP contribution in [0.3, 0.4) is 0 Å². The van der Waals surface area contributed by atoms with E-state index < -0.39 is 0 Å². The standard InChI is InChI=1S/C21H22N4O2/c1-16-4-3-5-19(12-16)21-23-20(27-24-21)15-25(10-11-26-2)14-18-8-6-17(13-22)7-9-18/h3-9,12H,10-11,14-15H2,1-2H3. The summed E-state index contributed by atoms with van der Waals surface area (Å²) in [6, 6.07) is 17.7. The van der Waals surface area contributed by atoms with Gasteiger partial charge in [-0.05, 0) is 30.7 Å². The number of nitriles is 1. The summed E-state index contributed by atoms with van der Waals surface area (Å²) in [6.45, 7) is 4.61. The van der Waals surface area contributed by atoms with Gasteiger partial charge in [-0.2, -0.15) is 10.2 Å². The number of aromatic nitrogens is 2. The van der Waals surface area contributed by atoms with Gasteiger partial charge in [-0.15, -0.1) is 0 Å². The van der Waals surface area contributed by atoms with Crippen molar-refractivity contribution in [3.8, 4) is 17.5 Å². The highest BCUT2D eigenvalue weighted by atomic mass is 16.5. The number of benzene rings is 2. The smallest absolute Gasteiger partial charge is 0.241 e. The summed E-state index contributed by atoms with van der Waals surface area (Å²) in [5.74, 6) is 1.16. The Morgan fingerprint density at radius 2 is 1.96 bits per heavy atom. The number of ether oxygens (including phenoxy) is 1. The molecule has 1 heterocycles. The van der Waals surface area contributed by atoms with Crippen molar-refractivity contribution >= 4 is 0 Å². The molecule has 0 amide bonds. The third-order valence-corrected chi connectivity index (χ3v) is 4.20. The van der Waals surface area contributed by atoms with E-state index in [1.54, 1.807) is 7.11 Å². The molecule has 3 aromatic rings. The minimum Gasteiger partial charge on any atom is -0.383 e. The average molecular weight is 362 g/mol. The maximum absolute atomic E-state index is 8.93. The first-order valence-electron chi connectivity index (χ1n) is 8.78. The van der Waals surface area contributed by atoms with Crippen LogP contribution in [0, 0.1) is 18.3 Å². The zero-order valence-electron chi connectivity index (χ0n) is 15.6. The fourth-order valence-electron chi connectivity index (χ4n) is 2.79. The van der Waals surface area contributed by atoms with Crippen LogP contribution >= 0.6 is 0 Å². The topological polar surface area (TPSA) is 75.2 Å². The maximum Gasteiger partial charge on any atom is 0.241 e. The first-order chi connectivity index (χ1) is 13.2. The molecule has 6 heteroatoms. The Kier molecular flexibility index (Phi) is 6.31. The summed E-state index contributed by atoms with van der Waals surface area (Å²) in [5, 5.41) is 13.0. The van der Waals surface area contributed by atoms with Gasteiger partial charge in [0, 0.05) is 25.8 Å². The first kappa shape index (κ1) is 18.8. The highest BCUT2D eigenvalue weighted by Crippen LogP contribution is 2.18. The van der Waals surface area contributed by atoms with Crippen LogP contribution in [0.25, 0.3) is 11.4 Å². The van der Waals surface area contributed by atoms with E-state index in [4.69, 9.17) is 14.5 Å². The van der Waals surface area contributed by atoms with Crippen molar-refractivity contribution in [1.82, 2.24) is 15.0 Å². The molecule has 0 N–H and O–H groups in total. The van der Waals surface area contributed by atoms with Gasteiger partial charge in [0.15, 0.2) is 0 Å². The van der Waals surface area contributed by atoms with Crippen LogP contribution in [-0.4, -0.2) is 35.3 Å². The van der Waals surface area contributed by atoms with Crippen molar-refractivity contribution in [2.75, 3.05) is 20.3 Å². The van der Waals surface area contributed by atoms with Gasteiger partial charge >= 0.3 is 0 Å². The van der Waals surface area contributed by atoms with Crippen molar-refractivity contribution in [3.05, 3.63) is 71.1 Å². The number of hydrogen-bond acceptors (Lipinski definition) is 6. The van der Waals surface area contributed by atoms with Gasteiger partial charge < -0.3 is 9.26 Å². The second kappa shape index (κ2) is 9.08. The van der Waals surface area contributed by atoms with E-state index in [1.807, 2.05) is 55.5 Å². The predicted octanol–water partition coefficient (Wildman–Crippen LogP) is 3.57. The molecular formula is C21H22N4O2. The van der Waals surface area contributed by atoms with Crippen LogP contribution in [-0.2, 0) is 17.8 Å². The molecule has 1 aromatic heterocycles. The lowest BCUT2D eigenvalue weighted by Crippen LogP contribution is -2.26. The number of aryl methyl sites for hydroxylation is 1. The fraction of sp³-hybridized carbons (Fsp3) is 0.286. The Labute approximate surface area is 159 Å². The Morgan fingerprint density at radius 3 is 2.67 bits per heavy atom. The third-order valence-electron chi connectivity index (χ3n) is 4.20. The lowest BCUT2D eigenvalue weighted by Gasteiger charge is -2.20. The van der Waals surface area contributed by atoms with Gasteiger partial charge in [-0.3, -0.25) is 4.90 Å². The van der Waals surface area contributed by atoms with Crippen molar-refractivity contribution in [2.45, 2.75) is 20.0 Å². The maximum atomic E-state index is 8.93. The molecule has 0 aliphatic heterocycles. The highest BCUT2D eigenvalue weighted by molar-refractivity contribution is 5.55. The normalized spacial score (nSPS) is 10.9. The summed E-state index contributed by atoms with van der Waals surface area (Å²) in [7, 11) is 1.68. The van der Waals surface area contributed by atoms with E-state index in [1.165, 1.54) is 0 Å². The van der Waals surface area contributed by atoms with E-state index in [2.05, 4.69) is 21.1 Å². The minimum absolute atomic E-state index is 0.530. The molecular weight excluding hydrogens is 340 g/mol. The summed E-state index contributed by atoms with van der Waals surface area (Å²) in [6.07, 6.45) is 0. The molecule has 2 aromatic carbocycles. The van der Waals surface area contributed by atoms with Crippen LogP contribution in [0.5, 0.6) is 0 Å². The summed E-state index contributed by atoms with van der Waals surface area (Å²) in [4.78, 5) is 6.71. The molecule has 0 aliphatic rings. The first-order valence-corrected chi connectivity index (χ1v) is 8.78. The van der Waals surface area contributed by atoms with E-state index in [0.717, 1.165) is 23.2 Å². The van der Waals surface area contributed by atoms with E-state index in [0.29, 0.717) is 37.0 Å². The quantitative estimate of drug-likeness (QED) is 0.610. The van der Waals surface area contributed by atoms with Crippen LogP contribution in [0.1, 0.15) is 22.6 Å². The second-order valence-corrected chi connectivity index (χ2v) is 6.39. The van der Waals surface area contributed by atoms with Crippen LogP contribution in [0.2, 0.25) is 0 Å². The van der Waals surface area contributed by atoms with Gasteiger partial charge in [0.25, 0.3) is 0 Å². The van der Waals surface area contributed by atoms with Gasteiger partial charge in [0.2, 0.25) is 11.7 Å². The molecule has 27 heavy (non-hydrogen) atoms. The summed E-state index contributed by atoms with van der Waals surface area (Å²) in [5.41, 5.74) is 3.87. The van der Waals surface area contributed by atoms with Crippen molar-refractivity contribution < 1.29 is 9.26 Å². The van der Waals surface area contributed by atoms with Gasteiger partial charge in [-0.1, -0.05) is 41.1 Å². The van der Waals surface area contributed by atoms with Gasteiger partial charge in [0.05, 0.1) is 24.8 Å². The Morgan fingerprint density at radius 1 is 1.15 bits per heavy atom. The molecule has 0 saturated heterocycles. The van der Waals surface area contributed by atoms with Crippen LogP contribution in [0.15, 0.2) is 53.1 Å². The molecule has 138 valence electrons. The summed E-state index contributed by atoms with van der Waals surface area (Å²) < 4.78 is 10.7. The minimum atomic E-state index is 0.530. The lowest BCUT2D eigenvalue weighted by atomic mass is 10.1. The molecule has 0 unspecified atom stereocenters. The number of rotatable bonds is 8. The third kappa shape index (κ3) is 5.23. The SMILES string of the molecule is COCCN(Cc1ccc(C#N)cc1)Cc1nc(-c2cccc(C)c2)no1. The second-order valence-electron chi connectivity index (χ2n) is 6.39. The highest BCUT2D eigenvalue weighted by Gasteiger charge is 2.14. The fourth-order valence-corrected chi connectivity index (χ4v) is 2.79. The van der Waals surface area contributed by atoms with Crippen LogP contribution < -0.4 is 0 Å². The Balaban J connectivity index is 1.71. The largest absolute Gasteiger partial charge is 0.383 e. The van der Waals surface area contributed by atoms with E-state index >= 15 is 0 Å². The predicted molar refractivity (Wildman–Crippen MR) is 102 cm³/mol. The van der Waals surface area contributed by atoms with Gasteiger partial charge in [0.1, 0.15) is 0 Å². The lowest BCUT2D eigenvalue weighted by molar-refractivity contribution is 0.131. The Bertz CT molecular complexity index is 912.